The van der Waals surface area contributed by atoms with E-state index in [0.717, 1.165) is 50.5 Å². The Bertz CT molecular complexity index is 598. The highest BCUT2D eigenvalue weighted by Crippen LogP contribution is 2.33. The highest BCUT2D eigenvalue weighted by atomic mass is 35.5. The summed E-state index contributed by atoms with van der Waals surface area (Å²) in [6.45, 7) is 3.88. The van der Waals surface area contributed by atoms with Gasteiger partial charge in [0.25, 0.3) is 0 Å². The lowest BCUT2D eigenvalue weighted by atomic mass is 9.93. The van der Waals surface area contributed by atoms with Crippen molar-refractivity contribution in [2.24, 2.45) is 5.92 Å². The van der Waals surface area contributed by atoms with Gasteiger partial charge in [-0.2, -0.15) is 0 Å². The molecule has 0 aromatic heterocycles. The van der Waals surface area contributed by atoms with Crippen LogP contribution >= 0.6 is 36.4 Å². The lowest BCUT2D eigenvalue weighted by Crippen LogP contribution is -2.37. The Morgan fingerprint density at radius 3 is 2.74 bits per heavy atom. The van der Waals surface area contributed by atoms with Gasteiger partial charge in [0.05, 0.1) is 12.8 Å². The predicted octanol–water partition coefficient (Wildman–Crippen LogP) is 3.67. The third kappa shape index (κ3) is 6.90. The molecule has 2 saturated heterocycles. The van der Waals surface area contributed by atoms with Crippen LogP contribution < -0.4 is 20.3 Å². The Morgan fingerprint density at radius 1 is 1.30 bits per heavy atom. The van der Waals surface area contributed by atoms with Crippen LogP contribution in [0.3, 0.4) is 0 Å². The summed E-state index contributed by atoms with van der Waals surface area (Å²) in [5.74, 6) is 1.70. The molecule has 3 rings (SSSR count). The summed E-state index contributed by atoms with van der Waals surface area (Å²) >= 11 is 6.13. The molecule has 0 bridgehead atoms. The van der Waals surface area contributed by atoms with E-state index < -0.39 is 0 Å². The van der Waals surface area contributed by atoms with Crippen LogP contribution in [0, 0.1) is 5.92 Å². The molecule has 1 aromatic carbocycles. The maximum absolute atomic E-state index is 12.3. The van der Waals surface area contributed by atoms with Gasteiger partial charge >= 0.3 is 0 Å². The van der Waals surface area contributed by atoms with E-state index in [0.29, 0.717) is 17.4 Å². The number of methoxy groups -OCH3 is 1. The third-order valence-corrected chi connectivity index (χ3v) is 5.51. The number of carbonyl (C=O) groups is 1. The third-order valence-electron chi connectivity index (χ3n) is 5.27. The van der Waals surface area contributed by atoms with Gasteiger partial charge in [0.15, 0.2) is 0 Å². The van der Waals surface area contributed by atoms with Gasteiger partial charge < -0.3 is 20.3 Å². The fraction of sp³-hybridized carbons (Fsp3) is 0.632. The second-order valence-electron chi connectivity index (χ2n) is 7.05. The average Bonchev–Trinajstić information content (AvgIpc) is 3.09. The first-order chi connectivity index (χ1) is 12.2. The van der Waals surface area contributed by atoms with Crippen molar-refractivity contribution in [1.29, 1.82) is 0 Å². The molecular weight excluding hydrogens is 409 g/mol. The van der Waals surface area contributed by atoms with Crippen LogP contribution in [0.25, 0.3) is 0 Å². The number of ether oxygens (including phenoxy) is 1. The van der Waals surface area contributed by atoms with Gasteiger partial charge in [-0.15, -0.1) is 24.8 Å². The van der Waals surface area contributed by atoms with Crippen LogP contribution in [0.4, 0.5) is 5.69 Å². The second-order valence-corrected chi connectivity index (χ2v) is 7.48. The molecule has 8 heteroatoms. The molecule has 0 aliphatic carbocycles. The number of piperidine rings is 1. The van der Waals surface area contributed by atoms with Crippen molar-refractivity contribution in [3.63, 3.8) is 0 Å². The molecule has 2 aliphatic heterocycles. The summed E-state index contributed by atoms with van der Waals surface area (Å²) in [6, 6.07) is 5.86. The Hall–Kier alpha value is -0.880. The number of rotatable bonds is 6. The van der Waals surface area contributed by atoms with Crippen molar-refractivity contribution in [1.82, 2.24) is 10.6 Å². The molecule has 2 N–H and O–H groups in total. The Kier molecular flexibility index (Phi) is 10.6. The largest absolute Gasteiger partial charge is 0.495 e. The minimum Gasteiger partial charge on any atom is -0.495 e. The van der Waals surface area contributed by atoms with Crippen molar-refractivity contribution < 1.29 is 9.53 Å². The van der Waals surface area contributed by atoms with E-state index >= 15 is 0 Å². The molecule has 2 fully saturated rings. The van der Waals surface area contributed by atoms with Crippen molar-refractivity contribution in [2.45, 2.75) is 38.1 Å². The standard InChI is InChI=1S/C19H28ClN3O2.2ClH/c1-25-18-4-3-15(20)12-17(18)23-11-8-16(13-23)22-19(24)5-2-14-6-9-21-10-7-14;;/h3-4,12,14,16,21H,2,5-11,13H2,1H3,(H,22,24);2*1H. The van der Waals surface area contributed by atoms with Crippen molar-refractivity contribution in [3.05, 3.63) is 23.2 Å². The fourth-order valence-electron chi connectivity index (χ4n) is 3.81. The summed E-state index contributed by atoms with van der Waals surface area (Å²) in [6.07, 6.45) is 4.99. The van der Waals surface area contributed by atoms with Crippen LogP contribution in [0.2, 0.25) is 5.02 Å². The number of carbonyl (C=O) groups excluding carboxylic acids is 1. The number of benzene rings is 1. The zero-order valence-electron chi connectivity index (χ0n) is 15.7. The summed E-state index contributed by atoms with van der Waals surface area (Å²) in [5, 5.41) is 7.27. The van der Waals surface area contributed by atoms with E-state index in [1.54, 1.807) is 7.11 Å². The van der Waals surface area contributed by atoms with Crippen LogP contribution in [0.5, 0.6) is 5.75 Å². The van der Waals surface area contributed by atoms with Gasteiger partial charge in [0, 0.05) is 30.6 Å². The van der Waals surface area contributed by atoms with E-state index in [9.17, 15) is 4.79 Å². The predicted molar refractivity (Wildman–Crippen MR) is 116 cm³/mol. The smallest absolute Gasteiger partial charge is 0.220 e. The summed E-state index contributed by atoms with van der Waals surface area (Å²) < 4.78 is 5.44. The minimum atomic E-state index is 0. The number of halogens is 3. The van der Waals surface area contributed by atoms with E-state index in [1.165, 1.54) is 12.8 Å². The summed E-state index contributed by atoms with van der Waals surface area (Å²) in [7, 11) is 1.67. The molecular formula is C19H30Cl3N3O2. The molecule has 1 aromatic rings. The van der Waals surface area contributed by atoms with E-state index in [-0.39, 0.29) is 36.8 Å². The average molecular weight is 439 g/mol. The number of amides is 1. The first-order valence-electron chi connectivity index (χ1n) is 9.24. The monoisotopic (exact) mass is 437 g/mol. The minimum absolute atomic E-state index is 0. The zero-order valence-corrected chi connectivity index (χ0v) is 18.1. The molecule has 0 spiro atoms. The second kappa shape index (κ2) is 11.8. The number of hydrogen-bond donors (Lipinski definition) is 2. The molecule has 1 amide bonds. The highest BCUT2D eigenvalue weighted by Gasteiger charge is 2.26. The van der Waals surface area contributed by atoms with E-state index in [4.69, 9.17) is 16.3 Å². The molecule has 2 aliphatic rings. The van der Waals surface area contributed by atoms with Gasteiger partial charge in [-0.3, -0.25) is 4.79 Å². The molecule has 1 atom stereocenters. The molecule has 2 heterocycles. The normalized spacial score (nSPS) is 19.8. The maximum atomic E-state index is 12.3. The number of nitrogens with zero attached hydrogens (tertiary/aromatic N) is 1. The lowest BCUT2D eigenvalue weighted by Gasteiger charge is -2.23. The van der Waals surface area contributed by atoms with Crippen LogP contribution in [-0.4, -0.2) is 45.2 Å². The van der Waals surface area contributed by atoms with E-state index in [2.05, 4.69) is 15.5 Å². The SMILES string of the molecule is COc1ccc(Cl)cc1N1CCC(NC(=O)CCC2CCNCC2)C1.Cl.Cl. The quantitative estimate of drug-likeness (QED) is 0.711. The highest BCUT2D eigenvalue weighted by molar-refractivity contribution is 6.30. The molecule has 0 saturated carbocycles. The molecule has 154 valence electrons. The van der Waals surface area contributed by atoms with Crippen molar-refractivity contribution >= 4 is 48.0 Å². The fourth-order valence-corrected chi connectivity index (χ4v) is 3.98. The summed E-state index contributed by atoms with van der Waals surface area (Å²) in [5.41, 5.74) is 1.00. The maximum Gasteiger partial charge on any atom is 0.220 e. The van der Waals surface area contributed by atoms with Crippen LogP contribution in [0.15, 0.2) is 18.2 Å². The first kappa shape index (κ1) is 24.2. The Labute approximate surface area is 179 Å². The molecule has 0 radical (unpaired) electrons. The van der Waals surface area contributed by atoms with Gasteiger partial charge in [0.2, 0.25) is 5.91 Å². The number of nitrogens with one attached hydrogen (secondary N) is 2. The topological polar surface area (TPSA) is 53.6 Å². The van der Waals surface area contributed by atoms with Gasteiger partial charge in [-0.05, 0) is 62.9 Å². The number of anilines is 1. The summed E-state index contributed by atoms with van der Waals surface area (Å²) in [4.78, 5) is 14.5. The molecule has 1 unspecified atom stereocenters. The molecule has 27 heavy (non-hydrogen) atoms. The Balaban J connectivity index is 0.00000182. The number of hydrogen-bond acceptors (Lipinski definition) is 4. The van der Waals surface area contributed by atoms with Crippen LogP contribution in [-0.2, 0) is 4.79 Å². The van der Waals surface area contributed by atoms with E-state index in [1.807, 2.05) is 18.2 Å². The zero-order chi connectivity index (χ0) is 17.6. The first-order valence-corrected chi connectivity index (χ1v) is 9.62. The van der Waals surface area contributed by atoms with Crippen molar-refractivity contribution in [3.8, 4) is 5.75 Å². The van der Waals surface area contributed by atoms with Gasteiger partial charge in [-0.25, -0.2) is 0 Å². The lowest BCUT2D eigenvalue weighted by molar-refractivity contribution is -0.122. The van der Waals surface area contributed by atoms with Gasteiger partial charge in [0.1, 0.15) is 5.75 Å². The van der Waals surface area contributed by atoms with Crippen LogP contribution in [0.1, 0.15) is 32.1 Å². The van der Waals surface area contributed by atoms with Crippen molar-refractivity contribution in [2.75, 3.05) is 38.2 Å². The van der Waals surface area contributed by atoms with Gasteiger partial charge in [-0.1, -0.05) is 11.6 Å². The Morgan fingerprint density at radius 2 is 2.04 bits per heavy atom. The molecule has 5 nitrogen and oxygen atoms in total.